The second-order valence-corrected chi connectivity index (χ2v) is 7.35. The molecule has 0 saturated heterocycles. The normalized spacial score (nSPS) is 20.7. The largest absolute Gasteiger partial charge is 0.389 e. The van der Waals surface area contributed by atoms with Gasteiger partial charge in [0.25, 0.3) is 0 Å². The second kappa shape index (κ2) is 5.47. The monoisotopic (exact) mass is 286 g/mol. The fourth-order valence-corrected chi connectivity index (χ4v) is 3.30. The molecule has 2 aromatic rings. The Morgan fingerprint density at radius 2 is 1.90 bits per heavy atom. The van der Waals surface area contributed by atoms with Gasteiger partial charge >= 0.3 is 0 Å². The minimum Gasteiger partial charge on any atom is -0.389 e. The Morgan fingerprint density at radius 3 is 2.67 bits per heavy atom. The first kappa shape index (κ1) is 14.6. The Hall–Kier alpha value is -1.32. The topological polar surface area (TPSA) is 48.0 Å². The van der Waals surface area contributed by atoms with Crippen molar-refractivity contribution in [3.8, 4) is 0 Å². The number of aromatic amines is 1. The van der Waals surface area contributed by atoms with Crippen molar-refractivity contribution in [2.75, 3.05) is 6.54 Å². The van der Waals surface area contributed by atoms with Gasteiger partial charge in [-0.2, -0.15) is 0 Å². The predicted octanol–water partition coefficient (Wildman–Crippen LogP) is 3.59. The minimum absolute atomic E-state index is 0.392. The maximum absolute atomic E-state index is 10.7. The van der Waals surface area contributed by atoms with Crippen molar-refractivity contribution < 1.29 is 5.11 Å². The molecule has 1 fully saturated rings. The van der Waals surface area contributed by atoms with Crippen LogP contribution in [0.5, 0.6) is 0 Å². The van der Waals surface area contributed by atoms with E-state index >= 15 is 0 Å². The van der Waals surface area contributed by atoms with Crippen LogP contribution in [-0.4, -0.2) is 22.2 Å². The van der Waals surface area contributed by atoms with Crippen molar-refractivity contribution in [2.24, 2.45) is 5.41 Å². The first-order valence-electron chi connectivity index (χ1n) is 7.96. The highest BCUT2D eigenvalue weighted by molar-refractivity contribution is 5.82. The average molecular weight is 286 g/mol. The average Bonchev–Trinajstić information content (AvgIpc) is 2.92. The van der Waals surface area contributed by atoms with Gasteiger partial charge in [-0.25, -0.2) is 0 Å². The summed E-state index contributed by atoms with van der Waals surface area (Å²) in [6.45, 7) is 6.09. The quantitative estimate of drug-likeness (QED) is 0.804. The molecule has 0 atom stereocenters. The van der Waals surface area contributed by atoms with Gasteiger partial charge in [-0.3, -0.25) is 0 Å². The van der Waals surface area contributed by atoms with Crippen LogP contribution in [0, 0.1) is 5.41 Å². The molecule has 3 heteroatoms. The Kier molecular flexibility index (Phi) is 3.80. The van der Waals surface area contributed by atoms with Crippen molar-refractivity contribution in [3.05, 3.63) is 36.0 Å². The van der Waals surface area contributed by atoms with E-state index in [4.69, 9.17) is 0 Å². The molecule has 3 nitrogen and oxygen atoms in total. The molecule has 1 aromatic carbocycles. The molecule has 0 aliphatic heterocycles. The number of fused-ring (bicyclic) bond motifs is 1. The van der Waals surface area contributed by atoms with Gasteiger partial charge in [-0.15, -0.1) is 0 Å². The third-order valence-corrected chi connectivity index (χ3v) is 4.99. The summed E-state index contributed by atoms with van der Waals surface area (Å²) in [6.07, 6.45) is 6.00. The highest BCUT2D eigenvalue weighted by atomic mass is 16.3. The van der Waals surface area contributed by atoms with Crippen molar-refractivity contribution in [1.29, 1.82) is 0 Å². The first-order valence-corrected chi connectivity index (χ1v) is 7.96. The third kappa shape index (κ3) is 3.30. The van der Waals surface area contributed by atoms with E-state index in [1.54, 1.807) is 0 Å². The van der Waals surface area contributed by atoms with Gasteiger partial charge in [0, 0.05) is 30.2 Å². The zero-order valence-corrected chi connectivity index (χ0v) is 13.1. The maximum atomic E-state index is 10.7. The Labute approximate surface area is 126 Å². The van der Waals surface area contributed by atoms with Gasteiger partial charge in [0.2, 0.25) is 0 Å². The summed E-state index contributed by atoms with van der Waals surface area (Å²) in [5, 5.41) is 15.4. The molecule has 0 amide bonds. The number of aliphatic hydroxyl groups is 1. The second-order valence-electron chi connectivity index (χ2n) is 7.35. The SMILES string of the molecule is CC1(C)CCC(O)(CNCc2cccc3[nH]ccc23)CC1. The number of hydrogen-bond acceptors (Lipinski definition) is 2. The van der Waals surface area contributed by atoms with Gasteiger partial charge in [-0.1, -0.05) is 26.0 Å². The summed E-state index contributed by atoms with van der Waals surface area (Å²) < 4.78 is 0. The van der Waals surface area contributed by atoms with Crippen molar-refractivity contribution in [2.45, 2.75) is 51.7 Å². The fourth-order valence-electron chi connectivity index (χ4n) is 3.30. The van der Waals surface area contributed by atoms with Crippen LogP contribution in [0.1, 0.15) is 45.1 Å². The van der Waals surface area contributed by atoms with Crippen LogP contribution >= 0.6 is 0 Å². The lowest BCUT2D eigenvalue weighted by atomic mass is 9.71. The molecule has 0 radical (unpaired) electrons. The molecular weight excluding hydrogens is 260 g/mol. The van der Waals surface area contributed by atoms with Crippen LogP contribution in [0.15, 0.2) is 30.5 Å². The van der Waals surface area contributed by atoms with Gasteiger partial charge in [0.15, 0.2) is 0 Å². The number of H-pyrrole nitrogens is 1. The number of aromatic nitrogens is 1. The highest BCUT2D eigenvalue weighted by Crippen LogP contribution is 2.39. The lowest BCUT2D eigenvalue weighted by molar-refractivity contribution is -0.0244. The van der Waals surface area contributed by atoms with Crippen LogP contribution in [0.25, 0.3) is 10.9 Å². The Balaban J connectivity index is 1.58. The van der Waals surface area contributed by atoms with Crippen LogP contribution in [0.3, 0.4) is 0 Å². The van der Waals surface area contributed by atoms with Crippen molar-refractivity contribution in [3.63, 3.8) is 0 Å². The molecule has 1 aromatic heterocycles. The van der Waals surface area contributed by atoms with Crippen LogP contribution in [-0.2, 0) is 6.54 Å². The lowest BCUT2D eigenvalue weighted by Crippen LogP contribution is -2.44. The van der Waals surface area contributed by atoms with Crippen LogP contribution in [0.2, 0.25) is 0 Å². The molecule has 0 bridgehead atoms. The lowest BCUT2D eigenvalue weighted by Gasteiger charge is -2.40. The summed E-state index contributed by atoms with van der Waals surface area (Å²) >= 11 is 0. The fraction of sp³-hybridized carbons (Fsp3) is 0.556. The minimum atomic E-state index is -0.526. The molecule has 1 aliphatic rings. The summed E-state index contributed by atoms with van der Waals surface area (Å²) in [5.41, 5.74) is 2.32. The van der Waals surface area contributed by atoms with E-state index < -0.39 is 5.60 Å². The van der Waals surface area contributed by atoms with Crippen LogP contribution in [0.4, 0.5) is 0 Å². The summed E-state index contributed by atoms with van der Waals surface area (Å²) in [5.74, 6) is 0. The number of benzene rings is 1. The Morgan fingerprint density at radius 1 is 1.14 bits per heavy atom. The van der Waals surface area contributed by atoms with Gasteiger partial charge in [0.1, 0.15) is 0 Å². The molecule has 21 heavy (non-hydrogen) atoms. The van der Waals surface area contributed by atoms with Crippen LogP contribution < -0.4 is 5.32 Å². The van der Waals surface area contributed by atoms with Crippen molar-refractivity contribution in [1.82, 2.24) is 10.3 Å². The molecule has 0 spiro atoms. The van der Waals surface area contributed by atoms with Gasteiger partial charge < -0.3 is 15.4 Å². The van der Waals surface area contributed by atoms with Gasteiger partial charge in [0.05, 0.1) is 5.60 Å². The molecule has 1 saturated carbocycles. The first-order chi connectivity index (χ1) is 9.98. The highest BCUT2D eigenvalue weighted by Gasteiger charge is 2.36. The Bertz CT molecular complexity index is 604. The van der Waals surface area contributed by atoms with E-state index in [-0.39, 0.29) is 0 Å². The van der Waals surface area contributed by atoms with Crippen molar-refractivity contribution >= 4 is 10.9 Å². The van der Waals surface area contributed by atoms with E-state index in [0.29, 0.717) is 12.0 Å². The standard InChI is InChI=1S/C18H26N2O/c1-17(2)7-9-18(21,10-8-17)13-19-12-14-4-3-5-16-15(14)6-11-20-16/h3-6,11,19-21H,7-10,12-13H2,1-2H3. The van der Waals surface area contributed by atoms with E-state index in [0.717, 1.165) is 32.2 Å². The summed E-state index contributed by atoms with van der Waals surface area (Å²) in [4.78, 5) is 3.24. The molecule has 1 heterocycles. The number of nitrogens with one attached hydrogen (secondary N) is 2. The van der Waals surface area contributed by atoms with E-state index in [1.807, 2.05) is 6.20 Å². The smallest absolute Gasteiger partial charge is 0.0772 e. The number of rotatable bonds is 4. The zero-order valence-electron chi connectivity index (χ0n) is 13.1. The number of hydrogen-bond donors (Lipinski definition) is 3. The maximum Gasteiger partial charge on any atom is 0.0772 e. The van der Waals surface area contributed by atoms with Gasteiger partial charge in [-0.05, 0) is 48.8 Å². The zero-order chi connectivity index (χ0) is 14.9. The predicted molar refractivity (Wildman–Crippen MR) is 87.2 cm³/mol. The van der Waals surface area contributed by atoms with E-state index in [2.05, 4.69) is 48.4 Å². The van der Waals surface area contributed by atoms with E-state index in [1.165, 1.54) is 16.5 Å². The molecule has 0 unspecified atom stereocenters. The molecule has 1 aliphatic carbocycles. The molecular formula is C18H26N2O. The third-order valence-electron chi connectivity index (χ3n) is 4.99. The summed E-state index contributed by atoms with van der Waals surface area (Å²) in [6, 6.07) is 8.44. The summed E-state index contributed by atoms with van der Waals surface area (Å²) in [7, 11) is 0. The van der Waals surface area contributed by atoms with E-state index in [9.17, 15) is 5.11 Å². The molecule has 3 N–H and O–H groups in total. The molecule has 114 valence electrons. The molecule has 3 rings (SSSR count).